The smallest absolute Gasteiger partial charge is 0.194 e. The number of hydrogen-bond acceptors (Lipinski definition) is 3. The summed E-state index contributed by atoms with van der Waals surface area (Å²) < 4.78 is 60.8. The summed E-state index contributed by atoms with van der Waals surface area (Å²) in [5, 5.41) is 0. The van der Waals surface area contributed by atoms with Crippen molar-refractivity contribution in [1.29, 1.82) is 0 Å². The van der Waals surface area contributed by atoms with Crippen LogP contribution in [-0.2, 0) is 14.3 Å². The zero-order valence-electron chi connectivity index (χ0n) is 6.95. The molecule has 0 atom stereocenters. The van der Waals surface area contributed by atoms with Crippen molar-refractivity contribution < 1.29 is 25.8 Å². The zero-order chi connectivity index (χ0) is 11.7. The largest absolute Gasteiger partial charge is 0.537 e. The normalized spacial score (nSPS) is 12.8. The Morgan fingerprint density at radius 2 is 1.73 bits per heavy atom. The molecule has 1 aromatic carbocycles. The van der Waals surface area contributed by atoms with E-state index in [0.29, 0.717) is 0 Å². The Bertz CT molecular complexity index is 455. The van der Waals surface area contributed by atoms with E-state index < -0.39 is 21.4 Å². The first-order valence-electron chi connectivity index (χ1n) is 3.49. The Balaban J connectivity index is 3.13. The lowest BCUT2D eigenvalue weighted by Crippen LogP contribution is -2.20. The van der Waals surface area contributed by atoms with Crippen molar-refractivity contribution in [1.82, 2.24) is 0 Å². The van der Waals surface area contributed by atoms with Crippen molar-refractivity contribution in [3.8, 4) is 0 Å². The monoisotopic (exact) mass is 352 g/mol. The van der Waals surface area contributed by atoms with Crippen LogP contribution in [0.25, 0.3) is 0 Å². The Morgan fingerprint density at radius 3 is 2.20 bits per heavy atom. The summed E-state index contributed by atoms with van der Waals surface area (Å²) in [6.07, 6.45) is -5.21. The van der Waals surface area contributed by atoms with Crippen LogP contribution in [0.3, 0.4) is 0 Å². The molecule has 0 saturated carbocycles. The van der Waals surface area contributed by atoms with Gasteiger partial charge in [0, 0.05) is 3.57 Å². The van der Waals surface area contributed by atoms with Gasteiger partial charge in [-0.1, -0.05) is 12.1 Å². The molecular weight excluding hydrogens is 348 g/mol. The fraction of sp³-hybridized carbons (Fsp3) is 0.143. The number of alkyl halides is 3. The zero-order valence-corrected chi connectivity index (χ0v) is 9.93. The van der Waals surface area contributed by atoms with Gasteiger partial charge >= 0.3 is 16.5 Å². The van der Waals surface area contributed by atoms with Crippen molar-refractivity contribution >= 4 is 32.7 Å². The number of halogens is 4. The van der Waals surface area contributed by atoms with Gasteiger partial charge in [0.15, 0.2) is 0 Å². The van der Waals surface area contributed by atoms with E-state index in [1.807, 2.05) is 0 Å². The summed E-state index contributed by atoms with van der Waals surface area (Å²) >= 11 is 1.61. The van der Waals surface area contributed by atoms with Crippen LogP contribution in [0.2, 0.25) is 0 Å². The molecule has 0 amide bonds. The Kier molecular flexibility index (Phi) is 3.61. The predicted octanol–water partition coefficient (Wildman–Crippen LogP) is 2.52. The molecule has 0 heterocycles. The first-order chi connectivity index (χ1) is 6.72. The molecule has 0 saturated heterocycles. The van der Waals surface area contributed by atoms with E-state index in [1.165, 1.54) is 18.2 Å². The highest BCUT2D eigenvalue weighted by molar-refractivity contribution is 14.1. The third kappa shape index (κ3) is 3.61. The van der Waals surface area contributed by atoms with Gasteiger partial charge in [-0.2, -0.15) is 12.6 Å². The molecule has 84 valence electrons. The summed E-state index contributed by atoms with van der Waals surface area (Å²) in [6, 6.07) is 5.24. The quantitative estimate of drug-likeness (QED) is 0.607. The molecule has 0 aromatic heterocycles. The minimum Gasteiger partial charge on any atom is -0.194 e. The van der Waals surface area contributed by atoms with Crippen molar-refractivity contribution in [2.75, 3.05) is 0 Å². The maximum absolute atomic E-state index is 11.8. The first-order valence-corrected chi connectivity index (χ1v) is 5.98. The van der Waals surface area contributed by atoms with Gasteiger partial charge in [-0.3, -0.25) is 0 Å². The molecule has 0 fully saturated rings. The minimum absolute atomic E-state index is 0.166. The van der Waals surface area contributed by atoms with E-state index in [2.05, 4.69) is 4.18 Å². The molecule has 0 bridgehead atoms. The van der Waals surface area contributed by atoms with E-state index in [-0.39, 0.29) is 3.57 Å². The van der Waals surface area contributed by atoms with Gasteiger partial charge in [-0.25, -0.2) is 0 Å². The fourth-order valence-corrected chi connectivity index (χ4v) is 2.90. The second-order valence-electron chi connectivity index (χ2n) is 2.41. The SMILES string of the molecule is O=S(=O)(OC(F)(F)F)c1ccccc1I. The molecule has 0 unspecified atom stereocenters. The third-order valence-corrected chi connectivity index (χ3v) is 3.92. The lowest BCUT2D eigenvalue weighted by molar-refractivity contribution is -0.271. The molecule has 0 aliphatic carbocycles. The summed E-state index contributed by atoms with van der Waals surface area (Å²) in [4.78, 5) is -0.497. The molecule has 0 radical (unpaired) electrons. The van der Waals surface area contributed by atoms with Gasteiger partial charge in [-0.05, 0) is 34.7 Å². The number of benzene rings is 1. The van der Waals surface area contributed by atoms with Crippen LogP contribution in [-0.4, -0.2) is 14.8 Å². The highest BCUT2D eigenvalue weighted by Crippen LogP contribution is 2.26. The molecule has 1 aromatic rings. The molecule has 15 heavy (non-hydrogen) atoms. The third-order valence-electron chi connectivity index (χ3n) is 1.31. The predicted molar refractivity (Wildman–Crippen MR) is 53.5 cm³/mol. The van der Waals surface area contributed by atoms with Gasteiger partial charge in [0.1, 0.15) is 4.90 Å². The highest BCUT2D eigenvalue weighted by atomic mass is 127. The van der Waals surface area contributed by atoms with E-state index in [0.717, 1.165) is 6.07 Å². The maximum Gasteiger partial charge on any atom is 0.537 e. The van der Waals surface area contributed by atoms with Crippen molar-refractivity contribution in [2.24, 2.45) is 0 Å². The molecule has 0 N–H and O–H groups in total. The molecule has 0 spiro atoms. The second kappa shape index (κ2) is 4.26. The average molecular weight is 352 g/mol. The van der Waals surface area contributed by atoms with Crippen LogP contribution in [0, 0.1) is 3.57 Å². The van der Waals surface area contributed by atoms with Crippen LogP contribution < -0.4 is 0 Å². The van der Waals surface area contributed by atoms with Gasteiger partial charge in [0.2, 0.25) is 0 Å². The summed E-state index contributed by atoms with van der Waals surface area (Å²) in [6.45, 7) is 0. The van der Waals surface area contributed by atoms with E-state index in [9.17, 15) is 21.6 Å². The minimum atomic E-state index is -5.21. The fourth-order valence-electron chi connectivity index (χ4n) is 0.817. The van der Waals surface area contributed by atoms with E-state index >= 15 is 0 Å². The van der Waals surface area contributed by atoms with Gasteiger partial charge < -0.3 is 0 Å². The molecule has 0 aliphatic heterocycles. The Labute approximate surface area is 97.5 Å². The number of hydrogen-bond donors (Lipinski definition) is 0. The van der Waals surface area contributed by atoms with Crippen LogP contribution in [0.5, 0.6) is 0 Å². The van der Waals surface area contributed by atoms with Crippen LogP contribution >= 0.6 is 22.6 Å². The van der Waals surface area contributed by atoms with Crippen molar-refractivity contribution in [3.63, 3.8) is 0 Å². The highest BCUT2D eigenvalue weighted by Gasteiger charge is 2.38. The van der Waals surface area contributed by atoms with Gasteiger partial charge in [0.25, 0.3) is 0 Å². The van der Waals surface area contributed by atoms with Crippen molar-refractivity contribution in [2.45, 2.75) is 11.3 Å². The number of rotatable bonds is 2. The molecular formula is C7H4F3IO3S. The molecule has 8 heteroatoms. The average Bonchev–Trinajstić information content (AvgIpc) is 1.99. The lowest BCUT2D eigenvalue weighted by Gasteiger charge is -2.08. The summed E-state index contributed by atoms with van der Waals surface area (Å²) in [7, 11) is -4.78. The van der Waals surface area contributed by atoms with Gasteiger partial charge in [-0.15, -0.1) is 13.2 Å². The van der Waals surface area contributed by atoms with Crippen LogP contribution in [0.15, 0.2) is 29.2 Å². The molecule has 1 rings (SSSR count). The van der Waals surface area contributed by atoms with Crippen molar-refractivity contribution in [3.05, 3.63) is 27.8 Å². The Hall–Kier alpha value is -0.350. The maximum atomic E-state index is 11.8. The van der Waals surface area contributed by atoms with Gasteiger partial charge in [0.05, 0.1) is 0 Å². The molecule has 0 aliphatic rings. The standard InChI is InChI=1S/C7H4F3IO3S/c8-7(9,10)14-15(12,13)6-4-2-1-3-5(6)11/h1-4H. The van der Waals surface area contributed by atoms with Crippen LogP contribution in [0.4, 0.5) is 13.2 Å². The molecule has 3 nitrogen and oxygen atoms in total. The Morgan fingerprint density at radius 1 is 1.20 bits per heavy atom. The van der Waals surface area contributed by atoms with Crippen LogP contribution in [0.1, 0.15) is 0 Å². The van der Waals surface area contributed by atoms with E-state index in [4.69, 9.17) is 0 Å². The summed E-state index contributed by atoms with van der Waals surface area (Å²) in [5.74, 6) is 0. The topological polar surface area (TPSA) is 43.4 Å². The summed E-state index contributed by atoms with van der Waals surface area (Å²) in [5.41, 5.74) is 0. The first kappa shape index (κ1) is 12.7. The lowest BCUT2D eigenvalue weighted by atomic mass is 10.4. The second-order valence-corrected chi connectivity index (χ2v) is 5.09. The van der Waals surface area contributed by atoms with E-state index in [1.54, 1.807) is 22.6 Å².